The third kappa shape index (κ3) is 11.5. The second kappa shape index (κ2) is 13.9. The Labute approximate surface area is 168 Å². The van der Waals surface area contributed by atoms with Crippen LogP contribution in [-0.2, 0) is 16.0 Å². The Hall–Kier alpha value is -2.14. The van der Waals surface area contributed by atoms with Gasteiger partial charge in [0.2, 0.25) is 0 Å². The predicted octanol–water partition coefficient (Wildman–Crippen LogP) is 4.47. The van der Waals surface area contributed by atoms with Crippen molar-refractivity contribution in [1.29, 1.82) is 0 Å². The number of carbonyl (C=O) groups is 2. The van der Waals surface area contributed by atoms with Crippen LogP contribution in [0.4, 0.5) is 0 Å². The predicted molar refractivity (Wildman–Crippen MR) is 112 cm³/mol. The number of phenols is 1. The minimum atomic E-state index is -0.900. The number of unbranched alkanes of at least 4 members (excludes halogenated alkanes) is 2. The Morgan fingerprint density at radius 2 is 1.75 bits per heavy atom. The molecule has 0 aliphatic heterocycles. The third-order valence-corrected chi connectivity index (χ3v) is 5.13. The molecule has 0 saturated carbocycles. The summed E-state index contributed by atoms with van der Waals surface area (Å²) in [6.45, 7) is 1.92. The normalized spacial score (nSPS) is 14.6. The molecule has 5 nitrogen and oxygen atoms in total. The molecule has 1 rings (SSSR count). The molecule has 3 atom stereocenters. The Morgan fingerprint density at radius 3 is 2.39 bits per heavy atom. The molecule has 4 N–H and O–H groups in total. The van der Waals surface area contributed by atoms with Crippen LogP contribution >= 0.6 is 0 Å². The molecule has 1 aromatic rings. The zero-order valence-corrected chi connectivity index (χ0v) is 16.9. The summed E-state index contributed by atoms with van der Waals surface area (Å²) in [7, 11) is 0. The maximum Gasteiger partial charge on any atom is 0.327 e. The van der Waals surface area contributed by atoms with Gasteiger partial charge in [-0.3, -0.25) is 0 Å². The largest absolute Gasteiger partial charge is 0.508 e. The quantitative estimate of drug-likeness (QED) is 0.233. The zero-order chi connectivity index (χ0) is 20.8. The molecule has 5 heteroatoms. The Balaban J connectivity index is 2.48. The number of hydrogen-bond acceptors (Lipinski definition) is 4. The summed E-state index contributed by atoms with van der Waals surface area (Å²) < 4.78 is 0. The molecule has 28 heavy (non-hydrogen) atoms. The van der Waals surface area contributed by atoms with Crippen LogP contribution in [0.1, 0.15) is 63.9 Å². The highest BCUT2D eigenvalue weighted by Crippen LogP contribution is 2.23. The lowest BCUT2D eigenvalue weighted by Gasteiger charge is -2.20. The fourth-order valence-corrected chi connectivity index (χ4v) is 3.33. The summed E-state index contributed by atoms with van der Waals surface area (Å²) in [6.07, 6.45) is 12.4. The molecule has 1 aromatic carbocycles. The SMILES string of the molecule is C[C@H](C=O)CC[C@H](N)CC[C@H](CCCCC=CC(=O)O)Cc1ccc(O)cc1. The van der Waals surface area contributed by atoms with E-state index in [9.17, 15) is 14.7 Å². The lowest BCUT2D eigenvalue weighted by Crippen LogP contribution is -2.22. The molecule has 0 bridgehead atoms. The molecule has 0 aromatic heterocycles. The van der Waals surface area contributed by atoms with E-state index in [1.165, 1.54) is 11.6 Å². The van der Waals surface area contributed by atoms with Crippen LogP contribution in [0.5, 0.6) is 5.75 Å². The van der Waals surface area contributed by atoms with Gasteiger partial charge in [-0.25, -0.2) is 4.79 Å². The molecule has 0 heterocycles. The van der Waals surface area contributed by atoms with Crippen molar-refractivity contribution >= 4 is 12.3 Å². The lowest BCUT2D eigenvalue weighted by atomic mass is 9.87. The minimum absolute atomic E-state index is 0.0673. The first kappa shape index (κ1) is 23.9. The fraction of sp³-hybridized carbons (Fsp3) is 0.565. The number of rotatable bonds is 15. The number of hydrogen-bond donors (Lipinski definition) is 3. The summed E-state index contributed by atoms with van der Waals surface area (Å²) in [6, 6.07) is 7.47. The topological polar surface area (TPSA) is 101 Å². The van der Waals surface area contributed by atoms with Gasteiger partial charge in [-0.2, -0.15) is 0 Å². The molecule has 0 radical (unpaired) electrons. The second-order valence-corrected chi connectivity index (χ2v) is 7.79. The highest BCUT2D eigenvalue weighted by atomic mass is 16.4. The number of benzene rings is 1. The maximum atomic E-state index is 10.7. The van der Waals surface area contributed by atoms with Gasteiger partial charge in [0.05, 0.1) is 0 Å². The molecule has 0 unspecified atom stereocenters. The van der Waals surface area contributed by atoms with E-state index in [-0.39, 0.29) is 17.7 Å². The number of carboxylic acid groups (broad SMARTS) is 1. The van der Waals surface area contributed by atoms with Gasteiger partial charge in [-0.1, -0.05) is 38.0 Å². The van der Waals surface area contributed by atoms with Crippen LogP contribution in [0.2, 0.25) is 0 Å². The Morgan fingerprint density at radius 1 is 1.07 bits per heavy atom. The third-order valence-electron chi connectivity index (χ3n) is 5.13. The molecule has 0 amide bonds. The minimum Gasteiger partial charge on any atom is -0.508 e. The van der Waals surface area contributed by atoms with Gasteiger partial charge in [0.1, 0.15) is 12.0 Å². The van der Waals surface area contributed by atoms with E-state index in [1.807, 2.05) is 19.1 Å². The van der Waals surface area contributed by atoms with Crippen molar-refractivity contribution in [2.24, 2.45) is 17.6 Å². The molecule has 156 valence electrons. The van der Waals surface area contributed by atoms with E-state index in [2.05, 4.69) is 0 Å². The number of carboxylic acids is 1. The van der Waals surface area contributed by atoms with Crippen molar-refractivity contribution in [3.05, 3.63) is 42.0 Å². The van der Waals surface area contributed by atoms with Crippen LogP contribution in [0.25, 0.3) is 0 Å². The van der Waals surface area contributed by atoms with Crippen LogP contribution in [-0.4, -0.2) is 28.5 Å². The molecule has 0 saturated heterocycles. The van der Waals surface area contributed by atoms with E-state index in [0.717, 1.165) is 64.1 Å². The van der Waals surface area contributed by atoms with Crippen molar-refractivity contribution < 1.29 is 19.8 Å². The highest BCUT2D eigenvalue weighted by Gasteiger charge is 2.13. The number of allylic oxidation sites excluding steroid dienone is 1. The number of aromatic hydroxyl groups is 1. The summed E-state index contributed by atoms with van der Waals surface area (Å²) in [5.74, 6) is -0.0554. The number of nitrogens with two attached hydrogens (primary N) is 1. The van der Waals surface area contributed by atoms with E-state index < -0.39 is 5.97 Å². The molecular weight excluding hydrogens is 354 g/mol. The maximum absolute atomic E-state index is 10.7. The first-order valence-corrected chi connectivity index (χ1v) is 10.3. The fourth-order valence-electron chi connectivity index (χ4n) is 3.33. The van der Waals surface area contributed by atoms with Gasteiger partial charge < -0.3 is 20.7 Å². The monoisotopic (exact) mass is 389 g/mol. The van der Waals surface area contributed by atoms with Gasteiger partial charge in [0.15, 0.2) is 0 Å². The van der Waals surface area contributed by atoms with Gasteiger partial charge in [-0.15, -0.1) is 0 Å². The lowest BCUT2D eigenvalue weighted by molar-refractivity contribution is -0.131. The smallest absolute Gasteiger partial charge is 0.327 e. The van der Waals surface area contributed by atoms with Crippen molar-refractivity contribution in [2.45, 2.75) is 70.8 Å². The zero-order valence-electron chi connectivity index (χ0n) is 16.9. The molecule has 0 aliphatic rings. The standard InChI is InChI=1S/C23H35NO4/c1-18(17-25)8-12-21(24)13-9-19(6-4-2-3-5-7-23(27)28)16-20-10-14-22(26)15-11-20/h5,7,10-11,14-15,17-19,21,26H,2-4,6,8-9,12-13,16,24H2,1H3,(H,27,28)/t18-,19-,21-/m0/s1. The van der Waals surface area contributed by atoms with Crippen LogP contribution in [0.3, 0.4) is 0 Å². The van der Waals surface area contributed by atoms with E-state index in [4.69, 9.17) is 10.8 Å². The Bertz CT molecular complexity index is 597. The van der Waals surface area contributed by atoms with Gasteiger partial charge in [0.25, 0.3) is 0 Å². The van der Waals surface area contributed by atoms with Crippen molar-refractivity contribution in [1.82, 2.24) is 0 Å². The highest BCUT2D eigenvalue weighted by molar-refractivity contribution is 5.79. The van der Waals surface area contributed by atoms with Crippen LogP contribution in [0.15, 0.2) is 36.4 Å². The van der Waals surface area contributed by atoms with Gasteiger partial charge in [0, 0.05) is 18.0 Å². The van der Waals surface area contributed by atoms with Gasteiger partial charge >= 0.3 is 5.97 Å². The second-order valence-electron chi connectivity index (χ2n) is 7.79. The summed E-state index contributed by atoms with van der Waals surface area (Å²) >= 11 is 0. The van der Waals surface area contributed by atoms with Gasteiger partial charge in [-0.05, 0) is 68.6 Å². The van der Waals surface area contributed by atoms with E-state index in [1.54, 1.807) is 18.2 Å². The average molecular weight is 390 g/mol. The summed E-state index contributed by atoms with van der Waals surface area (Å²) in [5, 5.41) is 18.1. The number of aliphatic carboxylic acids is 1. The average Bonchev–Trinajstić information content (AvgIpc) is 2.67. The first-order chi connectivity index (χ1) is 13.4. The number of phenolic OH excluding ortho intramolecular Hbond substituents is 1. The van der Waals surface area contributed by atoms with Crippen molar-refractivity contribution in [2.75, 3.05) is 0 Å². The van der Waals surface area contributed by atoms with Crippen molar-refractivity contribution in [3.8, 4) is 5.75 Å². The number of carbonyl (C=O) groups excluding carboxylic acids is 1. The first-order valence-electron chi connectivity index (χ1n) is 10.3. The van der Waals surface area contributed by atoms with Crippen LogP contribution < -0.4 is 5.73 Å². The summed E-state index contributed by atoms with van der Waals surface area (Å²) in [5.41, 5.74) is 7.45. The summed E-state index contributed by atoms with van der Waals surface area (Å²) in [4.78, 5) is 21.2. The van der Waals surface area contributed by atoms with E-state index in [0.29, 0.717) is 5.92 Å². The van der Waals surface area contributed by atoms with Crippen molar-refractivity contribution in [3.63, 3.8) is 0 Å². The Kier molecular flexibility index (Phi) is 11.9. The van der Waals surface area contributed by atoms with Crippen LogP contribution in [0, 0.1) is 11.8 Å². The molecule has 0 spiro atoms. The number of aldehydes is 1. The molecule has 0 fully saturated rings. The molecular formula is C23H35NO4. The van der Waals surface area contributed by atoms with E-state index >= 15 is 0 Å². The molecule has 0 aliphatic carbocycles.